The molecular weight excluding hydrogens is 468 g/mol. The normalized spacial score (nSPS) is 10.9. The second kappa shape index (κ2) is 10.7. The van der Waals surface area contributed by atoms with Crippen LogP contribution in [0.1, 0.15) is 47.1 Å². The summed E-state index contributed by atoms with van der Waals surface area (Å²) in [6, 6.07) is 14.1. The third-order valence-electron chi connectivity index (χ3n) is 5.85. The highest BCUT2D eigenvalue weighted by Gasteiger charge is 2.24. The average Bonchev–Trinajstić information content (AvgIpc) is 3.07. The lowest BCUT2D eigenvalue weighted by Gasteiger charge is -2.14. The van der Waals surface area contributed by atoms with Gasteiger partial charge in [0.25, 0.3) is 5.91 Å². The Kier molecular flexibility index (Phi) is 8.02. The van der Waals surface area contributed by atoms with Crippen molar-refractivity contribution in [3.8, 4) is 22.6 Å². The number of halogens is 1. The Balaban J connectivity index is 2.05. The van der Waals surface area contributed by atoms with Gasteiger partial charge in [-0.2, -0.15) is 0 Å². The van der Waals surface area contributed by atoms with Crippen molar-refractivity contribution in [1.82, 2.24) is 4.57 Å². The predicted octanol–water partition coefficient (Wildman–Crippen LogP) is 5.93. The minimum absolute atomic E-state index is 0.386. The van der Waals surface area contributed by atoms with Crippen molar-refractivity contribution >= 4 is 21.8 Å². The quantitative estimate of drug-likeness (QED) is 0.376. The third kappa shape index (κ3) is 5.01. The van der Waals surface area contributed by atoms with E-state index < -0.39 is 0 Å². The van der Waals surface area contributed by atoms with E-state index in [4.69, 9.17) is 15.2 Å². The fraction of sp³-hybridized carbons (Fsp3) is 0.346. The first kappa shape index (κ1) is 23.9. The summed E-state index contributed by atoms with van der Waals surface area (Å²) < 4.78 is 14.1. The van der Waals surface area contributed by atoms with Gasteiger partial charge in [-0.3, -0.25) is 4.79 Å². The molecule has 1 aromatic heterocycles. The molecule has 0 aliphatic heterocycles. The monoisotopic (exact) mass is 498 g/mol. The summed E-state index contributed by atoms with van der Waals surface area (Å²) in [5.74, 6) is 1.04. The van der Waals surface area contributed by atoms with Gasteiger partial charge in [0.05, 0.1) is 19.8 Å². The lowest BCUT2D eigenvalue weighted by molar-refractivity contribution is 0.1000. The van der Waals surface area contributed by atoms with Crippen molar-refractivity contribution in [1.29, 1.82) is 0 Å². The molecule has 2 aromatic carbocycles. The largest absolute Gasteiger partial charge is 0.493 e. The number of amides is 1. The Hall–Kier alpha value is -2.73. The van der Waals surface area contributed by atoms with E-state index in [0.717, 1.165) is 59.1 Å². The summed E-state index contributed by atoms with van der Waals surface area (Å²) in [6.07, 6.45) is 3.81. The summed E-state index contributed by atoms with van der Waals surface area (Å²) >= 11 is 3.50. The summed E-state index contributed by atoms with van der Waals surface area (Å²) in [7, 11) is 3.28. The number of methoxy groups -OCH3 is 2. The molecule has 3 aromatic rings. The van der Waals surface area contributed by atoms with E-state index in [9.17, 15) is 4.79 Å². The van der Waals surface area contributed by atoms with E-state index in [0.29, 0.717) is 17.1 Å². The fourth-order valence-corrected chi connectivity index (χ4v) is 4.47. The molecule has 0 spiro atoms. The molecule has 0 unspecified atom stereocenters. The van der Waals surface area contributed by atoms with E-state index in [2.05, 4.69) is 33.5 Å². The van der Waals surface area contributed by atoms with Crippen LogP contribution in [0.5, 0.6) is 11.5 Å². The minimum atomic E-state index is -0.386. The number of rotatable bonds is 10. The fourth-order valence-electron chi connectivity index (χ4n) is 4.21. The van der Waals surface area contributed by atoms with Gasteiger partial charge >= 0.3 is 0 Å². The van der Waals surface area contributed by atoms with Gasteiger partial charge in [0.1, 0.15) is 0 Å². The number of nitrogens with two attached hydrogens (primary N) is 1. The van der Waals surface area contributed by atoms with Gasteiger partial charge in [0.2, 0.25) is 0 Å². The van der Waals surface area contributed by atoms with E-state index >= 15 is 0 Å². The molecule has 1 heterocycles. The molecule has 32 heavy (non-hydrogen) atoms. The number of hydrogen-bond donors (Lipinski definition) is 1. The van der Waals surface area contributed by atoms with E-state index in [1.165, 1.54) is 5.69 Å². The maximum Gasteiger partial charge on any atom is 0.251 e. The predicted molar refractivity (Wildman–Crippen MR) is 133 cm³/mol. The van der Waals surface area contributed by atoms with Crippen molar-refractivity contribution in [2.24, 2.45) is 5.73 Å². The van der Waals surface area contributed by atoms with Crippen LogP contribution in [0.25, 0.3) is 11.1 Å². The molecule has 6 heteroatoms. The highest BCUT2D eigenvalue weighted by atomic mass is 79.9. The summed E-state index contributed by atoms with van der Waals surface area (Å²) in [4.78, 5) is 12.5. The molecule has 0 aliphatic carbocycles. The molecule has 0 fully saturated rings. The number of aryl methyl sites for hydroxylation is 1. The number of primary amides is 1. The zero-order chi connectivity index (χ0) is 23.3. The zero-order valence-electron chi connectivity index (χ0n) is 19.2. The number of ether oxygens (including phenoxy) is 2. The number of benzene rings is 2. The third-order valence-corrected chi connectivity index (χ3v) is 6.38. The molecule has 5 nitrogen and oxygen atoms in total. The standard InChI is InChI=1S/C26H31BrN2O3/c1-5-6-7-21-25(19-9-11-20(27)12-10-19)24(26(28)30)17(2)29(21)15-14-18-8-13-22(31-3)23(16-18)32-4/h8-13,16H,5-7,14-15H2,1-4H3,(H2,28,30). The molecule has 0 aliphatic rings. The molecule has 1 amide bonds. The number of nitrogens with zero attached hydrogens (tertiary/aromatic N) is 1. The van der Waals surface area contributed by atoms with Crippen LogP contribution < -0.4 is 15.2 Å². The van der Waals surface area contributed by atoms with Crippen LogP contribution in [0.4, 0.5) is 0 Å². The van der Waals surface area contributed by atoms with Gasteiger partial charge in [-0.1, -0.05) is 47.5 Å². The maximum absolute atomic E-state index is 12.5. The van der Waals surface area contributed by atoms with Crippen molar-refractivity contribution in [2.75, 3.05) is 14.2 Å². The van der Waals surface area contributed by atoms with Crippen LogP contribution in [0.3, 0.4) is 0 Å². The zero-order valence-corrected chi connectivity index (χ0v) is 20.8. The van der Waals surface area contributed by atoms with Crippen LogP contribution in [-0.2, 0) is 19.4 Å². The molecule has 0 bridgehead atoms. The van der Waals surface area contributed by atoms with Gasteiger partial charge in [0, 0.05) is 28.0 Å². The molecule has 0 saturated carbocycles. The molecule has 0 atom stereocenters. The van der Waals surface area contributed by atoms with Crippen LogP contribution in [-0.4, -0.2) is 24.7 Å². The Labute approximate surface area is 198 Å². The van der Waals surface area contributed by atoms with Gasteiger partial charge in [-0.15, -0.1) is 0 Å². The average molecular weight is 499 g/mol. The smallest absolute Gasteiger partial charge is 0.251 e. The highest BCUT2D eigenvalue weighted by molar-refractivity contribution is 9.10. The molecule has 170 valence electrons. The van der Waals surface area contributed by atoms with E-state index in [-0.39, 0.29) is 5.91 Å². The van der Waals surface area contributed by atoms with Crippen LogP contribution in [0.2, 0.25) is 0 Å². The Morgan fingerprint density at radius 3 is 2.31 bits per heavy atom. The molecule has 0 saturated heterocycles. The second-order valence-electron chi connectivity index (χ2n) is 7.85. The first-order valence-corrected chi connectivity index (χ1v) is 11.7. The Bertz CT molecular complexity index is 1090. The SMILES string of the molecule is CCCCc1c(-c2ccc(Br)cc2)c(C(N)=O)c(C)n1CCc1ccc(OC)c(OC)c1. The van der Waals surface area contributed by atoms with Crippen LogP contribution in [0.15, 0.2) is 46.9 Å². The number of carbonyl (C=O) groups is 1. The molecule has 0 radical (unpaired) electrons. The van der Waals surface area contributed by atoms with Gasteiger partial charge < -0.3 is 19.8 Å². The Morgan fingerprint density at radius 1 is 1.03 bits per heavy atom. The lowest BCUT2D eigenvalue weighted by Crippen LogP contribution is -2.14. The summed E-state index contributed by atoms with van der Waals surface area (Å²) in [6.45, 7) is 4.92. The van der Waals surface area contributed by atoms with Crippen LogP contribution >= 0.6 is 15.9 Å². The first-order valence-electron chi connectivity index (χ1n) is 10.9. The first-order chi connectivity index (χ1) is 15.4. The topological polar surface area (TPSA) is 66.5 Å². The highest BCUT2D eigenvalue weighted by Crippen LogP contribution is 2.35. The number of hydrogen-bond acceptors (Lipinski definition) is 3. The lowest BCUT2D eigenvalue weighted by atomic mass is 9.97. The van der Waals surface area contributed by atoms with Gasteiger partial charge in [-0.05, 0) is 61.6 Å². The Morgan fingerprint density at radius 2 is 1.72 bits per heavy atom. The van der Waals surface area contributed by atoms with Crippen molar-refractivity contribution in [2.45, 2.75) is 46.1 Å². The summed E-state index contributed by atoms with van der Waals surface area (Å²) in [5, 5.41) is 0. The van der Waals surface area contributed by atoms with E-state index in [1.807, 2.05) is 43.3 Å². The van der Waals surface area contributed by atoms with Crippen LogP contribution in [0, 0.1) is 6.92 Å². The van der Waals surface area contributed by atoms with Gasteiger partial charge in [-0.25, -0.2) is 0 Å². The molecule has 3 rings (SSSR count). The van der Waals surface area contributed by atoms with Crippen molar-refractivity contribution in [3.63, 3.8) is 0 Å². The van der Waals surface area contributed by atoms with E-state index in [1.54, 1.807) is 14.2 Å². The molecular formula is C26H31BrN2O3. The minimum Gasteiger partial charge on any atom is -0.493 e. The second-order valence-corrected chi connectivity index (χ2v) is 8.76. The summed E-state index contributed by atoms with van der Waals surface area (Å²) in [5.41, 5.74) is 11.7. The van der Waals surface area contributed by atoms with Crippen molar-refractivity contribution < 1.29 is 14.3 Å². The van der Waals surface area contributed by atoms with Crippen molar-refractivity contribution in [3.05, 3.63) is 69.5 Å². The number of unbranched alkanes of at least 4 members (excludes halogenated alkanes) is 1. The maximum atomic E-state index is 12.5. The van der Waals surface area contributed by atoms with Gasteiger partial charge in [0.15, 0.2) is 11.5 Å². The molecule has 2 N–H and O–H groups in total. The number of carbonyl (C=O) groups excluding carboxylic acids is 1. The number of aromatic nitrogens is 1.